The fraction of sp³-hybridized carbons (Fsp3) is 1.00. The van der Waals surface area contributed by atoms with Crippen molar-refractivity contribution in [1.82, 2.24) is 5.32 Å². The van der Waals surface area contributed by atoms with E-state index >= 15 is 0 Å². The first-order chi connectivity index (χ1) is 9.06. The van der Waals surface area contributed by atoms with Gasteiger partial charge in [-0.3, -0.25) is 4.55 Å². The van der Waals surface area contributed by atoms with Crippen LogP contribution in [0.4, 0.5) is 0 Å². The molecular weight excluding hydrogens is 302 g/mol. The van der Waals surface area contributed by atoms with Gasteiger partial charge in [0, 0.05) is 6.54 Å². The number of nitrogens with one attached hydrogen (secondary N) is 1. The van der Waals surface area contributed by atoms with E-state index in [1.807, 2.05) is 0 Å². The Bertz CT molecular complexity index is 284. The van der Waals surface area contributed by atoms with E-state index < -0.39 is 10.1 Å². The summed E-state index contributed by atoms with van der Waals surface area (Å²) >= 11 is 0. The van der Waals surface area contributed by atoms with Gasteiger partial charge in [0.1, 0.15) is 0 Å². The second-order valence-electron chi connectivity index (χ2n) is 5.22. The van der Waals surface area contributed by atoms with Gasteiger partial charge in [-0.25, -0.2) is 0 Å². The summed E-state index contributed by atoms with van der Waals surface area (Å²) in [6, 6.07) is 0. The summed E-state index contributed by atoms with van der Waals surface area (Å²) in [7, 11) is -3.80. The SMILES string of the molecule is CCCCCCCCCCCCNCCS(=O)(=O)O.[CaH2]. The Hall–Kier alpha value is 1.13. The molecule has 0 aromatic rings. The van der Waals surface area contributed by atoms with Gasteiger partial charge in [0.15, 0.2) is 0 Å². The second-order valence-corrected chi connectivity index (χ2v) is 6.79. The quantitative estimate of drug-likeness (QED) is 0.291. The summed E-state index contributed by atoms with van der Waals surface area (Å²) in [6.07, 6.45) is 13.0. The summed E-state index contributed by atoms with van der Waals surface area (Å²) in [5, 5.41) is 3.03. The Morgan fingerprint density at radius 2 is 1.25 bits per heavy atom. The first-order valence-corrected chi connectivity index (χ1v) is 9.33. The van der Waals surface area contributed by atoms with Crippen molar-refractivity contribution < 1.29 is 13.0 Å². The van der Waals surface area contributed by atoms with Crippen molar-refractivity contribution in [2.24, 2.45) is 0 Å². The number of rotatable bonds is 14. The predicted molar refractivity (Wildman–Crippen MR) is 89.7 cm³/mol. The summed E-state index contributed by atoms with van der Waals surface area (Å²) in [5.74, 6) is -0.190. The van der Waals surface area contributed by atoms with Crippen LogP contribution in [0.1, 0.15) is 71.1 Å². The average molecular weight is 336 g/mol. The van der Waals surface area contributed by atoms with Crippen molar-refractivity contribution in [2.45, 2.75) is 71.1 Å². The molecule has 0 heterocycles. The molecule has 0 aromatic carbocycles. The number of hydrogen-bond acceptors (Lipinski definition) is 3. The standard InChI is InChI=1S/C14H31NO3S.Ca.2H/c1-2-3-4-5-6-7-8-9-10-11-12-15-13-14-19(16,17)18;;;/h15H,2-14H2,1H3,(H,16,17,18);;;. The summed E-state index contributed by atoms with van der Waals surface area (Å²) in [4.78, 5) is 0. The third-order valence-electron chi connectivity index (χ3n) is 3.24. The van der Waals surface area contributed by atoms with E-state index in [4.69, 9.17) is 4.55 Å². The summed E-state index contributed by atoms with van der Waals surface area (Å²) in [5.41, 5.74) is 0. The fourth-order valence-corrected chi connectivity index (χ4v) is 2.47. The summed E-state index contributed by atoms with van der Waals surface area (Å²) < 4.78 is 29.4. The van der Waals surface area contributed by atoms with E-state index in [9.17, 15) is 8.42 Å². The van der Waals surface area contributed by atoms with Crippen molar-refractivity contribution >= 4 is 47.9 Å². The van der Waals surface area contributed by atoms with Crippen LogP contribution in [0.2, 0.25) is 0 Å². The molecule has 2 N–H and O–H groups in total. The molecule has 0 atom stereocenters. The average Bonchev–Trinajstić information content (AvgIpc) is 2.34. The molecule has 0 saturated heterocycles. The Morgan fingerprint density at radius 3 is 1.70 bits per heavy atom. The molecule has 6 heteroatoms. The van der Waals surface area contributed by atoms with E-state index in [0.717, 1.165) is 13.0 Å². The van der Waals surface area contributed by atoms with Crippen LogP contribution in [0.3, 0.4) is 0 Å². The molecule has 0 aromatic heterocycles. The van der Waals surface area contributed by atoms with Gasteiger partial charge in [0.25, 0.3) is 10.1 Å². The van der Waals surface area contributed by atoms with Gasteiger partial charge in [-0.15, -0.1) is 0 Å². The Labute approximate surface area is 155 Å². The molecule has 0 aliphatic heterocycles. The van der Waals surface area contributed by atoms with Crippen molar-refractivity contribution in [3.8, 4) is 0 Å². The minimum atomic E-state index is -3.80. The zero-order valence-electron chi connectivity index (χ0n) is 12.4. The van der Waals surface area contributed by atoms with Crippen LogP contribution in [-0.2, 0) is 10.1 Å². The molecule has 0 aliphatic rings. The van der Waals surface area contributed by atoms with Gasteiger partial charge >= 0.3 is 37.7 Å². The normalized spacial score (nSPS) is 11.3. The first kappa shape index (κ1) is 23.4. The van der Waals surface area contributed by atoms with E-state index in [1.54, 1.807) is 0 Å². The maximum atomic E-state index is 10.4. The van der Waals surface area contributed by atoms with Gasteiger partial charge in [-0.05, 0) is 13.0 Å². The van der Waals surface area contributed by atoms with Crippen LogP contribution in [-0.4, -0.2) is 69.6 Å². The molecule has 0 rings (SSSR count). The molecule has 0 aliphatic carbocycles. The molecule has 0 bridgehead atoms. The minimum absolute atomic E-state index is 0. The van der Waals surface area contributed by atoms with E-state index in [2.05, 4.69) is 12.2 Å². The van der Waals surface area contributed by atoms with Crippen LogP contribution in [0.5, 0.6) is 0 Å². The van der Waals surface area contributed by atoms with Crippen molar-refractivity contribution in [2.75, 3.05) is 18.8 Å². The van der Waals surface area contributed by atoms with Crippen molar-refractivity contribution in [1.29, 1.82) is 0 Å². The number of unbranched alkanes of at least 4 members (excludes halogenated alkanes) is 9. The molecule has 0 amide bonds. The molecule has 4 nitrogen and oxygen atoms in total. The van der Waals surface area contributed by atoms with E-state index in [0.29, 0.717) is 6.54 Å². The van der Waals surface area contributed by atoms with Crippen LogP contribution < -0.4 is 5.32 Å². The third-order valence-corrected chi connectivity index (χ3v) is 3.96. The molecule has 0 spiro atoms. The monoisotopic (exact) mass is 335 g/mol. The van der Waals surface area contributed by atoms with E-state index in [1.165, 1.54) is 57.8 Å². The van der Waals surface area contributed by atoms with Crippen LogP contribution in [0, 0.1) is 0 Å². The van der Waals surface area contributed by atoms with Gasteiger partial charge in [-0.1, -0.05) is 64.7 Å². The van der Waals surface area contributed by atoms with Gasteiger partial charge in [0.2, 0.25) is 0 Å². The first-order valence-electron chi connectivity index (χ1n) is 7.72. The molecular formula is C14H33CaNO3S. The zero-order valence-corrected chi connectivity index (χ0v) is 13.2. The molecule has 120 valence electrons. The van der Waals surface area contributed by atoms with Crippen LogP contribution in [0.15, 0.2) is 0 Å². The van der Waals surface area contributed by atoms with Crippen LogP contribution >= 0.6 is 0 Å². The molecule has 20 heavy (non-hydrogen) atoms. The Balaban J connectivity index is 0. The maximum absolute atomic E-state index is 10.4. The summed E-state index contributed by atoms with van der Waals surface area (Å²) in [6.45, 7) is 3.42. The molecule has 0 radical (unpaired) electrons. The topological polar surface area (TPSA) is 66.4 Å². The van der Waals surface area contributed by atoms with Crippen molar-refractivity contribution in [3.05, 3.63) is 0 Å². The molecule has 0 fully saturated rings. The second kappa shape index (κ2) is 16.5. The molecule has 0 unspecified atom stereocenters. The fourth-order valence-electron chi connectivity index (χ4n) is 2.06. The Kier molecular flexibility index (Phi) is 19.3. The number of hydrogen-bond donors (Lipinski definition) is 2. The van der Waals surface area contributed by atoms with Gasteiger partial charge < -0.3 is 5.32 Å². The molecule has 0 saturated carbocycles. The zero-order chi connectivity index (χ0) is 14.4. The van der Waals surface area contributed by atoms with Gasteiger partial charge in [0.05, 0.1) is 5.75 Å². The predicted octanol–water partition coefficient (Wildman–Crippen LogP) is 2.47. The Morgan fingerprint density at radius 1 is 0.800 bits per heavy atom. The van der Waals surface area contributed by atoms with E-state index in [-0.39, 0.29) is 43.5 Å². The third kappa shape index (κ3) is 21.4. The van der Waals surface area contributed by atoms with Gasteiger partial charge in [-0.2, -0.15) is 8.42 Å². The van der Waals surface area contributed by atoms with Crippen molar-refractivity contribution in [3.63, 3.8) is 0 Å². The van der Waals surface area contributed by atoms with Crippen LogP contribution in [0.25, 0.3) is 0 Å².